The first-order chi connectivity index (χ1) is 7.09. The van der Waals surface area contributed by atoms with Gasteiger partial charge in [-0.1, -0.05) is 13.8 Å². The van der Waals surface area contributed by atoms with Crippen molar-refractivity contribution in [3.8, 4) is 0 Å². The van der Waals surface area contributed by atoms with E-state index in [-0.39, 0.29) is 5.91 Å². The van der Waals surface area contributed by atoms with Gasteiger partial charge in [0.1, 0.15) is 0 Å². The number of carbonyl (C=O) groups excluding carboxylic acids is 1. The van der Waals surface area contributed by atoms with Crippen molar-refractivity contribution in [1.82, 2.24) is 4.98 Å². The molecule has 0 radical (unpaired) electrons. The molecule has 0 spiro atoms. The largest absolute Gasteiger partial charge is 0.310 e. The maximum absolute atomic E-state index is 11.3. The number of rotatable bonds is 1. The molecule has 15 heavy (non-hydrogen) atoms. The van der Waals surface area contributed by atoms with E-state index in [1.165, 1.54) is 0 Å². The Balaban J connectivity index is 2.37. The van der Waals surface area contributed by atoms with Crippen molar-refractivity contribution in [3.05, 3.63) is 23.5 Å². The normalized spacial score (nSPS) is 14.5. The lowest BCUT2D eigenvalue weighted by Gasteiger charge is -2.14. The Morgan fingerprint density at radius 1 is 1.47 bits per heavy atom. The van der Waals surface area contributed by atoms with Gasteiger partial charge in [-0.15, -0.1) is 0 Å². The number of aromatic nitrogens is 1. The van der Waals surface area contributed by atoms with Crippen molar-refractivity contribution < 1.29 is 4.79 Å². The van der Waals surface area contributed by atoms with Gasteiger partial charge in [0.15, 0.2) is 0 Å². The van der Waals surface area contributed by atoms with Crippen molar-refractivity contribution in [1.29, 1.82) is 0 Å². The van der Waals surface area contributed by atoms with Gasteiger partial charge in [0.25, 0.3) is 0 Å². The summed E-state index contributed by atoms with van der Waals surface area (Å²) >= 11 is 0. The summed E-state index contributed by atoms with van der Waals surface area (Å²) in [6.07, 6.45) is 0.884. The highest BCUT2D eigenvalue weighted by atomic mass is 16.2. The molecule has 3 nitrogen and oxygen atoms in total. The van der Waals surface area contributed by atoms with Crippen LogP contribution in [0.4, 0.5) is 5.69 Å². The van der Waals surface area contributed by atoms with E-state index in [0.717, 1.165) is 30.0 Å². The Morgan fingerprint density at radius 2 is 2.20 bits per heavy atom. The van der Waals surface area contributed by atoms with E-state index in [1.807, 2.05) is 12.1 Å². The maximum atomic E-state index is 11.3. The van der Waals surface area contributed by atoms with E-state index >= 15 is 0 Å². The molecule has 0 aliphatic carbocycles. The second kappa shape index (κ2) is 3.65. The van der Waals surface area contributed by atoms with Crippen molar-refractivity contribution in [2.45, 2.75) is 33.1 Å². The highest BCUT2D eigenvalue weighted by molar-refractivity contribution is 5.93. The fourth-order valence-corrected chi connectivity index (χ4v) is 1.93. The molecule has 0 saturated carbocycles. The molecule has 3 heteroatoms. The Hall–Kier alpha value is -1.38. The molecule has 0 fully saturated rings. The number of fused-ring (bicyclic) bond motifs is 1. The smallest absolute Gasteiger partial charge is 0.223 e. The molecule has 1 aromatic rings. The van der Waals surface area contributed by atoms with Gasteiger partial charge in [0, 0.05) is 25.6 Å². The Bertz CT molecular complexity index is 399. The predicted octanol–water partition coefficient (Wildman–Crippen LogP) is 2.11. The van der Waals surface area contributed by atoms with Gasteiger partial charge in [-0.25, -0.2) is 0 Å². The Morgan fingerprint density at radius 3 is 2.80 bits per heavy atom. The van der Waals surface area contributed by atoms with Gasteiger partial charge in [-0.2, -0.15) is 0 Å². The average molecular weight is 204 g/mol. The highest BCUT2D eigenvalue weighted by Gasteiger charge is 2.23. The van der Waals surface area contributed by atoms with Crippen molar-refractivity contribution >= 4 is 11.6 Å². The third-order valence-corrected chi connectivity index (χ3v) is 2.81. The van der Waals surface area contributed by atoms with Crippen LogP contribution in [-0.2, 0) is 11.2 Å². The molecule has 1 amide bonds. The second-order valence-corrected chi connectivity index (χ2v) is 4.28. The van der Waals surface area contributed by atoms with Gasteiger partial charge >= 0.3 is 0 Å². The fraction of sp³-hybridized carbons (Fsp3) is 0.500. The Labute approximate surface area is 90.1 Å². The van der Waals surface area contributed by atoms with E-state index in [0.29, 0.717) is 5.92 Å². The maximum Gasteiger partial charge on any atom is 0.223 e. The molecule has 1 aliphatic heterocycles. The molecular weight excluding hydrogens is 188 g/mol. The van der Waals surface area contributed by atoms with Crippen LogP contribution in [-0.4, -0.2) is 17.4 Å². The lowest BCUT2D eigenvalue weighted by molar-refractivity contribution is -0.116. The zero-order valence-corrected chi connectivity index (χ0v) is 9.45. The third-order valence-electron chi connectivity index (χ3n) is 2.81. The van der Waals surface area contributed by atoms with Gasteiger partial charge in [0.2, 0.25) is 5.91 Å². The van der Waals surface area contributed by atoms with Gasteiger partial charge in [-0.3, -0.25) is 9.78 Å². The van der Waals surface area contributed by atoms with Crippen LogP contribution in [0, 0.1) is 0 Å². The van der Waals surface area contributed by atoms with E-state index in [1.54, 1.807) is 11.8 Å². The number of pyridine rings is 1. The topological polar surface area (TPSA) is 33.2 Å². The van der Waals surface area contributed by atoms with Crippen LogP contribution in [0.1, 0.15) is 38.1 Å². The molecule has 1 aliphatic rings. The summed E-state index contributed by atoms with van der Waals surface area (Å²) in [6, 6.07) is 4.04. The van der Waals surface area contributed by atoms with Crippen LogP contribution < -0.4 is 4.90 Å². The summed E-state index contributed by atoms with van der Waals surface area (Å²) < 4.78 is 0. The number of anilines is 1. The summed E-state index contributed by atoms with van der Waals surface area (Å²) in [5.41, 5.74) is 3.17. The van der Waals surface area contributed by atoms with E-state index in [2.05, 4.69) is 18.8 Å². The van der Waals surface area contributed by atoms with Gasteiger partial charge in [-0.05, 0) is 18.1 Å². The summed E-state index contributed by atoms with van der Waals surface area (Å²) in [7, 11) is 0. The summed E-state index contributed by atoms with van der Waals surface area (Å²) in [6.45, 7) is 6.64. The first kappa shape index (κ1) is 10.1. The average Bonchev–Trinajstić information content (AvgIpc) is 2.59. The number of hydrogen-bond acceptors (Lipinski definition) is 2. The SMILES string of the molecule is CC(=O)N1CCc2nc(C(C)C)ccc21. The van der Waals surface area contributed by atoms with Crippen LogP contribution in [0.2, 0.25) is 0 Å². The fourth-order valence-electron chi connectivity index (χ4n) is 1.93. The quantitative estimate of drug-likeness (QED) is 0.702. The minimum absolute atomic E-state index is 0.104. The summed E-state index contributed by atoms with van der Waals surface area (Å²) in [5.74, 6) is 0.550. The van der Waals surface area contributed by atoms with Crippen molar-refractivity contribution in [2.75, 3.05) is 11.4 Å². The molecule has 1 aromatic heterocycles. The number of carbonyl (C=O) groups is 1. The van der Waals surface area contributed by atoms with E-state index in [9.17, 15) is 4.79 Å². The lowest BCUT2D eigenvalue weighted by Crippen LogP contribution is -2.25. The van der Waals surface area contributed by atoms with Crippen LogP contribution in [0.3, 0.4) is 0 Å². The lowest BCUT2D eigenvalue weighted by atomic mass is 10.1. The number of amides is 1. The summed E-state index contributed by atoms with van der Waals surface area (Å²) in [4.78, 5) is 17.7. The number of nitrogens with zero attached hydrogens (tertiary/aromatic N) is 2. The first-order valence-corrected chi connectivity index (χ1v) is 5.37. The zero-order valence-electron chi connectivity index (χ0n) is 9.45. The number of hydrogen-bond donors (Lipinski definition) is 0. The van der Waals surface area contributed by atoms with Gasteiger partial charge in [0.05, 0.1) is 11.4 Å². The molecule has 80 valence electrons. The molecule has 0 bridgehead atoms. The van der Waals surface area contributed by atoms with Crippen LogP contribution in [0.5, 0.6) is 0 Å². The van der Waals surface area contributed by atoms with E-state index < -0.39 is 0 Å². The minimum atomic E-state index is 0.104. The molecule has 0 aromatic carbocycles. The summed E-state index contributed by atoms with van der Waals surface area (Å²) in [5, 5.41) is 0. The van der Waals surface area contributed by atoms with Crippen molar-refractivity contribution in [2.24, 2.45) is 0 Å². The monoisotopic (exact) mass is 204 g/mol. The standard InChI is InChI=1S/C12H16N2O/c1-8(2)10-4-5-12-11(13-10)6-7-14(12)9(3)15/h4-5,8H,6-7H2,1-3H3. The molecule has 2 rings (SSSR count). The minimum Gasteiger partial charge on any atom is -0.310 e. The second-order valence-electron chi connectivity index (χ2n) is 4.28. The van der Waals surface area contributed by atoms with Crippen LogP contribution >= 0.6 is 0 Å². The molecular formula is C12H16N2O. The predicted molar refractivity (Wildman–Crippen MR) is 60.1 cm³/mol. The van der Waals surface area contributed by atoms with Gasteiger partial charge < -0.3 is 4.90 Å². The molecule has 0 unspecified atom stereocenters. The third kappa shape index (κ3) is 1.74. The highest BCUT2D eigenvalue weighted by Crippen LogP contribution is 2.28. The molecule has 0 saturated heterocycles. The van der Waals surface area contributed by atoms with Crippen LogP contribution in [0.15, 0.2) is 12.1 Å². The Kier molecular flexibility index (Phi) is 2.47. The van der Waals surface area contributed by atoms with Crippen LogP contribution in [0.25, 0.3) is 0 Å². The molecule has 0 atom stereocenters. The first-order valence-electron chi connectivity index (χ1n) is 5.37. The molecule has 0 N–H and O–H groups in total. The zero-order chi connectivity index (χ0) is 11.0. The van der Waals surface area contributed by atoms with Crippen molar-refractivity contribution in [3.63, 3.8) is 0 Å². The molecule has 2 heterocycles. The van der Waals surface area contributed by atoms with E-state index in [4.69, 9.17) is 0 Å².